The molecule has 1 saturated heterocycles. The molecule has 8 nitrogen and oxygen atoms in total. The molecule has 2 N–H and O–H groups in total. The molecule has 0 spiro atoms. The summed E-state index contributed by atoms with van der Waals surface area (Å²) in [5.41, 5.74) is 0. The quantitative estimate of drug-likeness (QED) is 0.740. The zero-order valence-electron chi connectivity index (χ0n) is 12.4. The Labute approximate surface area is 125 Å². The first-order chi connectivity index (χ1) is 9.97. The lowest BCUT2D eigenvalue weighted by molar-refractivity contribution is 0.254. The van der Waals surface area contributed by atoms with Crippen LogP contribution in [0, 0.1) is 5.92 Å². The molecule has 1 aromatic heterocycles. The van der Waals surface area contributed by atoms with Crippen molar-refractivity contribution < 1.29 is 12.9 Å². The smallest absolute Gasteiger partial charge is 0.279 e. The number of piperidine rings is 1. The van der Waals surface area contributed by atoms with Crippen molar-refractivity contribution in [3.8, 4) is 0 Å². The van der Waals surface area contributed by atoms with Crippen LogP contribution in [0.1, 0.15) is 32.5 Å². The highest BCUT2D eigenvalue weighted by Gasteiger charge is 2.28. The molecule has 1 aromatic rings. The monoisotopic (exact) mass is 317 g/mol. The maximum absolute atomic E-state index is 12.3. The highest BCUT2D eigenvalue weighted by Crippen LogP contribution is 2.18. The summed E-state index contributed by atoms with van der Waals surface area (Å²) in [5, 5.41) is 6.95. The van der Waals surface area contributed by atoms with E-state index in [2.05, 4.69) is 38.6 Å². The Balaban J connectivity index is 1.86. The highest BCUT2D eigenvalue weighted by molar-refractivity contribution is 7.87. The van der Waals surface area contributed by atoms with E-state index >= 15 is 0 Å². The van der Waals surface area contributed by atoms with Crippen LogP contribution in [0.25, 0.3) is 0 Å². The fourth-order valence-corrected chi connectivity index (χ4v) is 3.60. The van der Waals surface area contributed by atoms with Gasteiger partial charge in [-0.1, -0.05) is 19.0 Å². The van der Waals surface area contributed by atoms with E-state index in [1.807, 2.05) is 0 Å². The van der Waals surface area contributed by atoms with Gasteiger partial charge in [0.05, 0.1) is 6.54 Å². The standard InChI is InChI=1S/C12H23N5O3S/c1-10(2)13-6-11-4-3-5-17(8-11)21(18,19)15-7-12-14-9-20-16-12/h9-11,13,15H,3-8H2,1-2H3. The van der Waals surface area contributed by atoms with Crippen LogP contribution in [0.2, 0.25) is 0 Å². The minimum Gasteiger partial charge on any atom is -0.343 e. The Morgan fingerprint density at radius 2 is 2.33 bits per heavy atom. The van der Waals surface area contributed by atoms with Crippen LogP contribution in [-0.4, -0.2) is 48.5 Å². The van der Waals surface area contributed by atoms with Crippen LogP contribution in [0.3, 0.4) is 0 Å². The predicted octanol–water partition coefficient (Wildman–Crippen LogP) is 0.114. The molecule has 0 bridgehead atoms. The molecule has 1 aliphatic rings. The molecule has 0 saturated carbocycles. The Hall–Kier alpha value is -1.03. The van der Waals surface area contributed by atoms with Gasteiger partial charge in [0, 0.05) is 19.1 Å². The van der Waals surface area contributed by atoms with Crippen molar-refractivity contribution in [2.75, 3.05) is 19.6 Å². The molecule has 0 radical (unpaired) electrons. The largest absolute Gasteiger partial charge is 0.343 e. The second kappa shape index (κ2) is 7.30. The predicted molar refractivity (Wildman–Crippen MR) is 77.5 cm³/mol. The van der Waals surface area contributed by atoms with Crippen molar-refractivity contribution >= 4 is 10.2 Å². The van der Waals surface area contributed by atoms with E-state index < -0.39 is 10.2 Å². The lowest BCUT2D eigenvalue weighted by atomic mass is 9.99. The summed E-state index contributed by atoms with van der Waals surface area (Å²) in [7, 11) is -3.50. The van der Waals surface area contributed by atoms with Gasteiger partial charge in [0.2, 0.25) is 6.39 Å². The third-order valence-corrected chi connectivity index (χ3v) is 4.98. The van der Waals surface area contributed by atoms with E-state index in [4.69, 9.17) is 0 Å². The number of hydrogen-bond donors (Lipinski definition) is 2. The fourth-order valence-electron chi connectivity index (χ4n) is 2.33. The molecule has 2 rings (SSSR count). The summed E-state index contributed by atoms with van der Waals surface area (Å²) in [6.45, 7) is 6.16. The number of rotatable bonds is 7. The zero-order chi connectivity index (χ0) is 15.3. The van der Waals surface area contributed by atoms with Crippen molar-refractivity contribution in [2.45, 2.75) is 39.3 Å². The van der Waals surface area contributed by atoms with Gasteiger partial charge in [-0.25, -0.2) is 0 Å². The van der Waals surface area contributed by atoms with E-state index in [1.165, 1.54) is 10.7 Å². The summed E-state index contributed by atoms with van der Waals surface area (Å²) in [6, 6.07) is 0.411. The number of nitrogens with zero attached hydrogens (tertiary/aromatic N) is 3. The minimum atomic E-state index is -3.50. The molecule has 1 fully saturated rings. The van der Waals surface area contributed by atoms with Crippen LogP contribution in [0.15, 0.2) is 10.9 Å². The molecule has 9 heteroatoms. The van der Waals surface area contributed by atoms with Crippen LogP contribution in [-0.2, 0) is 16.8 Å². The summed E-state index contributed by atoms with van der Waals surface area (Å²) >= 11 is 0. The van der Waals surface area contributed by atoms with Gasteiger partial charge in [0.25, 0.3) is 10.2 Å². The van der Waals surface area contributed by atoms with Crippen molar-refractivity contribution in [1.82, 2.24) is 24.5 Å². The van der Waals surface area contributed by atoms with Crippen LogP contribution in [0.5, 0.6) is 0 Å². The fraction of sp³-hybridized carbons (Fsp3) is 0.833. The van der Waals surface area contributed by atoms with E-state index in [0.717, 1.165) is 19.4 Å². The third-order valence-electron chi connectivity index (χ3n) is 3.46. The number of hydrogen-bond acceptors (Lipinski definition) is 6. The minimum absolute atomic E-state index is 0.0459. The molecule has 0 aliphatic carbocycles. The highest BCUT2D eigenvalue weighted by atomic mass is 32.2. The second-order valence-corrected chi connectivity index (χ2v) is 7.36. The third kappa shape index (κ3) is 5.03. The molecule has 0 amide bonds. The first-order valence-electron chi connectivity index (χ1n) is 7.20. The average molecular weight is 317 g/mol. The van der Waals surface area contributed by atoms with Crippen molar-refractivity contribution in [3.63, 3.8) is 0 Å². The molecule has 21 heavy (non-hydrogen) atoms. The van der Waals surface area contributed by atoms with Crippen molar-refractivity contribution in [1.29, 1.82) is 0 Å². The molecular formula is C12H23N5O3S. The normalized spacial score (nSPS) is 21.0. The molecule has 0 aromatic carbocycles. The van der Waals surface area contributed by atoms with E-state index in [9.17, 15) is 8.42 Å². The summed E-state index contributed by atoms with van der Waals surface area (Å²) < 4.78 is 33.1. The van der Waals surface area contributed by atoms with Crippen molar-refractivity contribution in [3.05, 3.63) is 12.2 Å². The summed E-state index contributed by atoms with van der Waals surface area (Å²) in [4.78, 5) is 3.79. The van der Waals surface area contributed by atoms with Gasteiger partial charge in [-0.3, -0.25) is 0 Å². The lowest BCUT2D eigenvalue weighted by Crippen LogP contribution is -2.47. The first kappa shape index (κ1) is 16.3. The molecule has 1 aliphatic heterocycles. The number of nitrogens with one attached hydrogen (secondary N) is 2. The Morgan fingerprint density at radius 3 is 3.00 bits per heavy atom. The Bertz CT molecular complexity index is 517. The number of aromatic nitrogens is 2. The second-order valence-electron chi connectivity index (χ2n) is 5.60. The SMILES string of the molecule is CC(C)NCC1CCCN(S(=O)(=O)NCc2ncon2)C1. The van der Waals surface area contributed by atoms with E-state index in [-0.39, 0.29) is 6.54 Å². The first-order valence-corrected chi connectivity index (χ1v) is 8.65. The topological polar surface area (TPSA) is 100 Å². The lowest BCUT2D eigenvalue weighted by Gasteiger charge is -2.32. The van der Waals surface area contributed by atoms with Gasteiger partial charge in [-0.05, 0) is 25.3 Å². The molecular weight excluding hydrogens is 294 g/mol. The zero-order valence-corrected chi connectivity index (χ0v) is 13.3. The molecule has 120 valence electrons. The van der Waals surface area contributed by atoms with Crippen LogP contribution >= 0.6 is 0 Å². The van der Waals surface area contributed by atoms with Gasteiger partial charge in [0.15, 0.2) is 5.82 Å². The molecule has 1 unspecified atom stereocenters. The van der Waals surface area contributed by atoms with Crippen LogP contribution in [0.4, 0.5) is 0 Å². The summed E-state index contributed by atoms with van der Waals surface area (Å²) in [5.74, 6) is 0.677. The van der Waals surface area contributed by atoms with Gasteiger partial charge >= 0.3 is 0 Å². The average Bonchev–Trinajstić information content (AvgIpc) is 2.97. The van der Waals surface area contributed by atoms with E-state index in [0.29, 0.717) is 30.9 Å². The van der Waals surface area contributed by atoms with Gasteiger partial charge in [-0.15, -0.1) is 0 Å². The van der Waals surface area contributed by atoms with Gasteiger partial charge in [0.1, 0.15) is 0 Å². The Kier molecular flexibility index (Phi) is 5.68. The van der Waals surface area contributed by atoms with Crippen LogP contribution < -0.4 is 10.0 Å². The van der Waals surface area contributed by atoms with Gasteiger partial charge < -0.3 is 9.84 Å². The van der Waals surface area contributed by atoms with Crippen molar-refractivity contribution in [2.24, 2.45) is 5.92 Å². The Morgan fingerprint density at radius 1 is 1.52 bits per heavy atom. The molecule has 2 heterocycles. The van der Waals surface area contributed by atoms with E-state index in [1.54, 1.807) is 0 Å². The molecule has 1 atom stereocenters. The maximum Gasteiger partial charge on any atom is 0.279 e. The maximum atomic E-state index is 12.3. The summed E-state index contributed by atoms with van der Waals surface area (Å²) in [6.07, 6.45) is 3.11. The van der Waals surface area contributed by atoms with Gasteiger partial charge in [-0.2, -0.15) is 22.4 Å².